The molecule has 9 nitrogen and oxygen atoms in total. The Morgan fingerprint density at radius 1 is 1.05 bits per heavy atom. The number of fused-ring (bicyclic) bond motifs is 1. The van der Waals surface area contributed by atoms with Crippen molar-refractivity contribution in [3.8, 4) is 11.5 Å². The van der Waals surface area contributed by atoms with Crippen molar-refractivity contribution >= 4 is 67.1 Å². The SMILES string of the molecule is CCc1cc(Cl)c(N=Nc2c([O-])c(C(=O)Nc3cc(Cl)ccc3OC)cc3ccccc23)c(S(=O)(=O)O)c1.[Na+]. The zero-order valence-corrected chi connectivity index (χ0v) is 25.4. The summed E-state index contributed by atoms with van der Waals surface area (Å²) < 4.78 is 39.0. The molecule has 0 fully saturated rings. The molecule has 0 unspecified atom stereocenters. The fourth-order valence-corrected chi connectivity index (χ4v) is 4.97. The van der Waals surface area contributed by atoms with E-state index in [4.69, 9.17) is 27.9 Å². The molecule has 0 atom stereocenters. The molecule has 4 aromatic carbocycles. The minimum Gasteiger partial charge on any atom is -0.870 e. The summed E-state index contributed by atoms with van der Waals surface area (Å²) in [5.74, 6) is -1.18. The van der Waals surface area contributed by atoms with Crippen LogP contribution in [0.25, 0.3) is 10.8 Å². The Bertz CT molecular complexity index is 1710. The van der Waals surface area contributed by atoms with Crippen molar-refractivity contribution in [1.29, 1.82) is 0 Å². The molecule has 0 aliphatic rings. The summed E-state index contributed by atoms with van der Waals surface area (Å²) in [4.78, 5) is 12.6. The van der Waals surface area contributed by atoms with Crippen molar-refractivity contribution in [2.24, 2.45) is 10.2 Å². The Kier molecular flexibility index (Phi) is 10.0. The van der Waals surface area contributed by atoms with Crippen LogP contribution in [0.2, 0.25) is 10.0 Å². The van der Waals surface area contributed by atoms with Crippen LogP contribution in [0.1, 0.15) is 22.8 Å². The number of rotatable bonds is 7. The van der Waals surface area contributed by atoms with Crippen LogP contribution in [0.4, 0.5) is 17.1 Å². The summed E-state index contributed by atoms with van der Waals surface area (Å²) in [5.41, 5.74) is -0.00770. The molecule has 2 N–H and O–H groups in total. The van der Waals surface area contributed by atoms with Gasteiger partial charge in [0, 0.05) is 16.0 Å². The Labute approximate surface area is 256 Å². The minimum atomic E-state index is -4.72. The third-order valence-corrected chi connectivity index (χ3v) is 7.04. The largest absolute Gasteiger partial charge is 1.00 e. The van der Waals surface area contributed by atoms with Gasteiger partial charge in [-0.3, -0.25) is 9.35 Å². The van der Waals surface area contributed by atoms with E-state index in [9.17, 15) is 22.9 Å². The van der Waals surface area contributed by atoms with E-state index in [1.165, 1.54) is 31.4 Å². The van der Waals surface area contributed by atoms with E-state index in [-0.39, 0.29) is 57.2 Å². The smallest absolute Gasteiger partial charge is 0.870 e. The maximum atomic E-state index is 13.5. The van der Waals surface area contributed by atoms with E-state index in [1.54, 1.807) is 43.3 Å². The molecular formula is C26H20Cl2N3NaO6S. The van der Waals surface area contributed by atoms with Crippen LogP contribution in [0.3, 0.4) is 0 Å². The summed E-state index contributed by atoms with van der Waals surface area (Å²) >= 11 is 12.3. The first-order valence-corrected chi connectivity index (χ1v) is 13.3. The first-order chi connectivity index (χ1) is 18.0. The zero-order chi connectivity index (χ0) is 27.6. The zero-order valence-electron chi connectivity index (χ0n) is 21.0. The Hall–Kier alpha value is -2.70. The number of nitrogens with zero attached hydrogens (tertiary/aromatic N) is 2. The number of azo groups is 1. The molecular weight excluding hydrogens is 576 g/mol. The van der Waals surface area contributed by atoms with E-state index < -0.39 is 26.7 Å². The van der Waals surface area contributed by atoms with Gasteiger partial charge in [0.25, 0.3) is 16.0 Å². The average Bonchev–Trinajstić information content (AvgIpc) is 2.87. The predicted molar refractivity (Wildman–Crippen MR) is 144 cm³/mol. The first-order valence-electron chi connectivity index (χ1n) is 11.1. The van der Waals surface area contributed by atoms with Crippen LogP contribution in [-0.2, 0) is 16.5 Å². The number of carbonyl (C=O) groups excluding carboxylic acids is 1. The normalized spacial score (nSPS) is 11.4. The number of anilines is 1. The number of ether oxygens (including phenoxy) is 1. The average molecular weight is 596 g/mol. The topological polar surface area (TPSA) is 140 Å². The summed E-state index contributed by atoms with van der Waals surface area (Å²) in [6, 6.07) is 15.4. The maximum Gasteiger partial charge on any atom is 1.00 e. The van der Waals surface area contributed by atoms with Gasteiger partial charge in [0.15, 0.2) is 0 Å². The van der Waals surface area contributed by atoms with Crippen LogP contribution in [-0.4, -0.2) is 26.0 Å². The second-order valence-electron chi connectivity index (χ2n) is 8.07. The number of carbonyl (C=O) groups is 1. The van der Waals surface area contributed by atoms with Crippen LogP contribution >= 0.6 is 23.2 Å². The van der Waals surface area contributed by atoms with E-state index in [0.717, 1.165) is 0 Å². The van der Waals surface area contributed by atoms with Crippen LogP contribution in [0.15, 0.2) is 75.8 Å². The fraction of sp³-hybridized carbons (Fsp3) is 0.115. The quantitative estimate of drug-likeness (QED) is 0.189. The van der Waals surface area contributed by atoms with Crippen molar-refractivity contribution in [2.75, 3.05) is 12.4 Å². The van der Waals surface area contributed by atoms with E-state index in [1.807, 2.05) is 0 Å². The molecule has 13 heteroatoms. The maximum absolute atomic E-state index is 13.5. The molecule has 1 amide bonds. The summed E-state index contributed by atoms with van der Waals surface area (Å²) in [5, 5.41) is 25.2. The molecule has 4 aromatic rings. The van der Waals surface area contributed by atoms with Crippen molar-refractivity contribution in [3.63, 3.8) is 0 Å². The fourth-order valence-electron chi connectivity index (χ4n) is 3.77. The summed E-state index contributed by atoms with van der Waals surface area (Å²) in [7, 11) is -3.29. The molecule has 0 bridgehead atoms. The number of halogens is 2. The van der Waals surface area contributed by atoms with Gasteiger partial charge in [0.2, 0.25) is 0 Å². The van der Waals surface area contributed by atoms with Gasteiger partial charge in [-0.1, -0.05) is 60.1 Å². The van der Waals surface area contributed by atoms with Gasteiger partial charge in [-0.2, -0.15) is 13.5 Å². The molecule has 4 rings (SSSR count). The molecule has 196 valence electrons. The van der Waals surface area contributed by atoms with Crippen LogP contribution in [0.5, 0.6) is 11.5 Å². The molecule has 0 saturated carbocycles. The number of hydrogen-bond acceptors (Lipinski definition) is 7. The molecule has 0 heterocycles. The van der Waals surface area contributed by atoms with Crippen molar-refractivity contribution in [1.82, 2.24) is 0 Å². The predicted octanol–water partition coefficient (Wildman–Crippen LogP) is 3.71. The standard InChI is InChI=1S/C26H21Cl2N3O6S.Na/c1-3-14-10-19(28)24(22(11-14)38(34,35)36)31-30-23-17-7-5-4-6-15(17)12-18(25(23)32)26(33)29-20-13-16(27)8-9-21(20)37-2;/h4-13,32H,3H2,1-2H3,(H,29,33)(H,34,35,36);/q;+1/p-1. The molecule has 0 aliphatic heterocycles. The van der Waals surface area contributed by atoms with Crippen LogP contribution < -0.4 is 44.7 Å². The number of benzene rings is 4. The van der Waals surface area contributed by atoms with Gasteiger partial charge in [-0.25, -0.2) is 0 Å². The minimum absolute atomic E-state index is 0. The summed E-state index contributed by atoms with van der Waals surface area (Å²) in [6.45, 7) is 1.78. The molecule has 0 aliphatic carbocycles. The van der Waals surface area contributed by atoms with Crippen LogP contribution in [0, 0.1) is 0 Å². The van der Waals surface area contributed by atoms with E-state index in [2.05, 4.69) is 15.5 Å². The molecule has 0 saturated heterocycles. The van der Waals surface area contributed by atoms with Crippen molar-refractivity contribution in [3.05, 3.63) is 81.8 Å². The number of aryl methyl sites for hydroxylation is 1. The third kappa shape index (κ3) is 6.72. The molecule has 0 spiro atoms. The first kappa shape index (κ1) is 30.8. The Balaban J connectivity index is 0.00000420. The second-order valence-corrected chi connectivity index (χ2v) is 10.3. The Morgan fingerprint density at radius 2 is 1.74 bits per heavy atom. The second kappa shape index (κ2) is 12.6. The monoisotopic (exact) mass is 595 g/mol. The molecule has 39 heavy (non-hydrogen) atoms. The van der Waals surface area contributed by atoms with Gasteiger partial charge in [-0.15, -0.1) is 5.11 Å². The number of methoxy groups -OCH3 is 1. The number of hydrogen-bond donors (Lipinski definition) is 2. The van der Waals surface area contributed by atoms with E-state index in [0.29, 0.717) is 33.5 Å². The van der Waals surface area contributed by atoms with Gasteiger partial charge >= 0.3 is 29.6 Å². The van der Waals surface area contributed by atoms with Crippen molar-refractivity contribution in [2.45, 2.75) is 18.2 Å². The Morgan fingerprint density at radius 3 is 2.41 bits per heavy atom. The summed E-state index contributed by atoms with van der Waals surface area (Å²) in [6.07, 6.45) is 0.448. The van der Waals surface area contributed by atoms with Gasteiger partial charge < -0.3 is 15.2 Å². The number of nitrogens with one attached hydrogen (secondary N) is 1. The van der Waals surface area contributed by atoms with E-state index >= 15 is 0 Å². The third-order valence-electron chi connectivity index (χ3n) is 5.65. The van der Waals surface area contributed by atoms with Gasteiger partial charge in [-0.05, 0) is 53.8 Å². The number of amides is 1. The van der Waals surface area contributed by atoms with Crippen molar-refractivity contribution < 1.29 is 57.2 Å². The van der Waals surface area contributed by atoms with Gasteiger partial charge in [0.1, 0.15) is 16.3 Å². The molecule has 0 aromatic heterocycles. The van der Waals surface area contributed by atoms with Gasteiger partial charge in [0.05, 0.1) is 23.5 Å². The molecule has 0 radical (unpaired) electrons.